The van der Waals surface area contributed by atoms with Gasteiger partial charge in [-0.15, -0.1) is 0 Å². The van der Waals surface area contributed by atoms with Crippen LogP contribution in [0.1, 0.15) is 16.7 Å². The number of rotatable bonds is 1. The van der Waals surface area contributed by atoms with Gasteiger partial charge in [0.2, 0.25) is 0 Å². The van der Waals surface area contributed by atoms with Crippen molar-refractivity contribution in [1.29, 1.82) is 0 Å². The van der Waals surface area contributed by atoms with Crippen LogP contribution in [0.3, 0.4) is 0 Å². The fraction of sp³-hybridized carbons (Fsp3) is 0.235. The Morgan fingerprint density at radius 3 is 2.78 bits per heavy atom. The van der Waals surface area contributed by atoms with Gasteiger partial charge >= 0.3 is 0 Å². The number of nitrogens with one attached hydrogen (secondary N) is 2. The maximum Gasteiger partial charge on any atom is 0.254 e. The van der Waals surface area contributed by atoms with E-state index in [2.05, 4.69) is 42.5 Å². The summed E-state index contributed by atoms with van der Waals surface area (Å²) in [5, 5.41) is 6.48. The van der Waals surface area contributed by atoms with Gasteiger partial charge in [-0.2, -0.15) is 0 Å². The number of anilines is 1. The summed E-state index contributed by atoms with van der Waals surface area (Å²) in [5.74, 6) is 0.771. The Bertz CT molecular complexity index is 838. The maximum absolute atomic E-state index is 12.9. The van der Waals surface area contributed by atoms with Crippen LogP contribution in [0, 0.1) is 0 Å². The first-order valence-electron chi connectivity index (χ1n) is 7.29. The molecule has 0 bridgehead atoms. The molecule has 4 nitrogen and oxygen atoms in total. The number of benzene rings is 2. The van der Waals surface area contributed by atoms with Crippen molar-refractivity contribution >= 4 is 43.5 Å². The Kier molecular flexibility index (Phi) is 3.51. The van der Waals surface area contributed by atoms with Crippen molar-refractivity contribution in [3.05, 3.63) is 56.0 Å². The Morgan fingerprint density at radius 2 is 2.00 bits per heavy atom. The number of carbonyl (C=O) groups is 1. The minimum absolute atomic E-state index is 0.0441. The largest absolute Gasteiger partial charge is 0.497 e. The van der Waals surface area contributed by atoms with E-state index in [-0.39, 0.29) is 5.91 Å². The first kappa shape index (κ1) is 15.2. The monoisotopic (exact) mass is 436 g/mol. The van der Waals surface area contributed by atoms with E-state index >= 15 is 0 Å². The SMILES string of the molecule is COc1ccc2c(c1)CCNC21C(=O)Nc2c(Br)cc(Br)cc21. The molecule has 2 N–H and O–H groups in total. The van der Waals surface area contributed by atoms with Crippen molar-refractivity contribution < 1.29 is 9.53 Å². The summed E-state index contributed by atoms with van der Waals surface area (Å²) in [5.41, 5.74) is 3.05. The van der Waals surface area contributed by atoms with Gasteiger partial charge in [0.1, 0.15) is 5.75 Å². The molecular formula is C17H14Br2N2O2. The maximum atomic E-state index is 12.9. The number of methoxy groups -OCH3 is 1. The lowest BCUT2D eigenvalue weighted by Crippen LogP contribution is -2.52. The number of carbonyl (C=O) groups excluding carboxylic acids is 1. The normalized spacial score (nSPS) is 21.8. The lowest BCUT2D eigenvalue weighted by atomic mass is 9.78. The molecule has 0 fully saturated rings. The van der Waals surface area contributed by atoms with Crippen molar-refractivity contribution in [2.24, 2.45) is 0 Å². The minimum Gasteiger partial charge on any atom is -0.497 e. The number of ether oxygens (including phenoxy) is 1. The molecule has 118 valence electrons. The van der Waals surface area contributed by atoms with Crippen LogP contribution in [-0.2, 0) is 16.8 Å². The topological polar surface area (TPSA) is 50.4 Å². The highest BCUT2D eigenvalue weighted by Gasteiger charge is 2.51. The van der Waals surface area contributed by atoms with Gasteiger partial charge < -0.3 is 10.1 Å². The summed E-state index contributed by atoms with van der Waals surface area (Å²) in [7, 11) is 1.66. The molecule has 2 aromatic carbocycles. The molecule has 2 heterocycles. The molecule has 0 aromatic heterocycles. The zero-order valence-corrected chi connectivity index (χ0v) is 15.5. The molecular weight excluding hydrogens is 424 g/mol. The van der Waals surface area contributed by atoms with Gasteiger partial charge in [-0.3, -0.25) is 10.1 Å². The Balaban J connectivity index is 2.00. The standard InChI is InChI=1S/C17H14Br2N2O2/c1-23-11-2-3-12-9(6-11)4-5-20-17(12)13-7-10(18)8-14(19)15(13)21-16(17)22/h2-3,6-8,20H,4-5H2,1H3,(H,21,22). The lowest BCUT2D eigenvalue weighted by molar-refractivity contribution is -0.120. The number of halogens is 2. The molecule has 1 unspecified atom stereocenters. The van der Waals surface area contributed by atoms with E-state index in [9.17, 15) is 4.79 Å². The third-order valence-corrected chi connectivity index (χ3v) is 5.62. The molecule has 0 saturated heterocycles. The summed E-state index contributed by atoms with van der Waals surface area (Å²) in [6.45, 7) is 0.733. The van der Waals surface area contributed by atoms with Gasteiger partial charge in [0, 0.05) is 21.1 Å². The van der Waals surface area contributed by atoms with Gasteiger partial charge in [-0.05, 0) is 57.7 Å². The molecule has 23 heavy (non-hydrogen) atoms. The predicted molar refractivity (Wildman–Crippen MR) is 96.0 cm³/mol. The lowest BCUT2D eigenvalue weighted by Gasteiger charge is -2.35. The fourth-order valence-electron chi connectivity index (χ4n) is 3.52. The molecule has 0 aliphatic carbocycles. The van der Waals surface area contributed by atoms with Crippen molar-refractivity contribution in [3.63, 3.8) is 0 Å². The molecule has 6 heteroatoms. The van der Waals surface area contributed by atoms with Crippen molar-refractivity contribution in [2.75, 3.05) is 19.0 Å². The Morgan fingerprint density at radius 1 is 1.17 bits per heavy atom. The molecule has 1 amide bonds. The highest BCUT2D eigenvalue weighted by Crippen LogP contribution is 2.48. The van der Waals surface area contributed by atoms with E-state index in [1.165, 1.54) is 0 Å². The van der Waals surface area contributed by atoms with Crippen LogP contribution >= 0.6 is 31.9 Å². The summed E-state index contributed by atoms with van der Waals surface area (Å²) in [6, 6.07) is 9.87. The van der Waals surface area contributed by atoms with E-state index in [1.807, 2.05) is 30.3 Å². The quantitative estimate of drug-likeness (QED) is 0.717. The Hall–Kier alpha value is -1.37. The van der Waals surface area contributed by atoms with Crippen LogP contribution < -0.4 is 15.4 Å². The first-order chi connectivity index (χ1) is 11.1. The van der Waals surface area contributed by atoms with E-state index in [0.29, 0.717) is 0 Å². The second-order valence-corrected chi connectivity index (χ2v) is 7.48. The van der Waals surface area contributed by atoms with Gasteiger partial charge in [-0.1, -0.05) is 22.0 Å². The third kappa shape index (κ3) is 2.08. The van der Waals surface area contributed by atoms with Gasteiger partial charge in [0.15, 0.2) is 5.54 Å². The van der Waals surface area contributed by atoms with E-state index in [4.69, 9.17) is 4.74 Å². The van der Waals surface area contributed by atoms with Crippen LogP contribution in [-0.4, -0.2) is 19.6 Å². The molecule has 2 aliphatic rings. The predicted octanol–water partition coefficient (Wildman–Crippen LogP) is 3.56. The van der Waals surface area contributed by atoms with E-state index in [0.717, 1.165) is 50.0 Å². The number of fused-ring (bicyclic) bond motifs is 4. The molecule has 2 aliphatic heterocycles. The molecule has 0 saturated carbocycles. The summed E-state index contributed by atoms with van der Waals surface area (Å²) in [6.07, 6.45) is 0.867. The van der Waals surface area contributed by atoms with E-state index < -0.39 is 5.54 Å². The van der Waals surface area contributed by atoms with Crippen molar-refractivity contribution in [3.8, 4) is 5.75 Å². The smallest absolute Gasteiger partial charge is 0.254 e. The number of amides is 1. The van der Waals surface area contributed by atoms with Crippen LogP contribution in [0.2, 0.25) is 0 Å². The van der Waals surface area contributed by atoms with Gasteiger partial charge in [0.25, 0.3) is 5.91 Å². The van der Waals surface area contributed by atoms with Crippen LogP contribution in [0.4, 0.5) is 5.69 Å². The summed E-state index contributed by atoms with van der Waals surface area (Å²) >= 11 is 7.08. The zero-order chi connectivity index (χ0) is 16.2. The summed E-state index contributed by atoms with van der Waals surface area (Å²) in [4.78, 5) is 12.9. The average molecular weight is 438 g/mol. The summed E-state index contributed by atoms with van der Waals surface area (Å²) < 4.78 is 7.13. The Labute approximate surface area is 150 Å². The average Bonchev–Trinajstić information content (AvgIpc) is 2.81. The van der Waals surface area contributed by atoms with Gasteiger partial charge in [0.05, 0.1) is 12.8 Å². The van der Waals surface area contributed by atoms with Crippen LogP contribution in [0.5, 0.6) is 5.75 Å². The second kappa shape index (κ2) is 5.33. The highest BCUT2D eigenvalue weighted by molar-refractivity contribution is 9.11. The fourth-order valence-corrected chi connectivity index (χ4v) is 4.84. The number of hydrogen-bond donors (Lipinski definition) is 2. The second-order valence-electron chi connectivity index (χ2n) is 5.71. The van der Waals surface area contributed by atoms with Crippen molar-refractivity contribution in [1.82, 2.24) is 5.32 Å². The number of hydrogen-bond acceptors (Lipinski definition) is 3. The van der Waals surface area contributed by atoms with Crippen LogP contribution in [0.15, 0.2) is 39.3 Å². The van der Waals surface area contributed by atoms with Crippen LogP contribution in [0.25, 0.3) is 0 Å². The third-order valence-electron chi connectivity index (χ3n) is 4.54. The van der Waals surface area contributed by atoms with Crippen molar-refractivity contribution in [2.45, 2.75) is 12.0 Å². The molecule has 4 rings (SSSR count). The minimum atomic E-state index is -0.846. The first-order valence-corrected chi connectivity index (χ1v) is 8.88. The molecule has 2 aromatic rings. The molecule has 1 atom stereocenters. The molecule has 1 spiro atoms. The van der Waals surface area contributed by atoms with E-state index in [1.54, 1.807) is 7.11 Å². The highest BCUT2D eigenvalue weighted by atomic mass is 79.9. The zero-order valence-electron chi connectivity index (χ0n) is 12.4. The van der Waals surface area contributed by atoms with Gasteiger partial charge in [-0.25, -0.2) is 0 Å². The molecule has 0 radical (unpaired) electrons.